The first kappa shape index (κ1) is 17.9. The summed E-state index contributed by atoms with van der Waals surface area (Å²) in [5, 5.41) is 14.6. The minimum Gasteiger partial charge on any atom is -0.378 e. The molecular formula is C17H22N6O3. The summed E-state index contributed by atoms with van der Waals surface area (Å²) >= 11 is 0. The van der Waals surface area contributed by atoms with Crippen molar-refractivity contribution in [2.75, 3.05) is 29.0 Å². The second-order valence-corrected chi connectivity index (χ2v) is 6.52. The SMILES string of the molecule is Cc1cccc(Nc2nc(N)c([N+](=O)[O-])c(N3C[C@@H](C)O[C@@H](C)C3)n2)c1. The number of ether oxygens (including phenoxy) is 1. The van der Waals surface area contributed by atoms with Gasteiger partial charge in [-0.3, -0.25) is 10.1 Å². The number of morpholine rings is 1. The lowest BCUT2D eigenvalue weighted by Crippen LogP contribution is -2.46. The number of nitrogens with one attached hydrogen (secondary N) is 1. The first-order chi connectivity index (χ1) is 12.3. The molecule has 0 amide bonds. The molecule has 1 aromatic heterocycles. The number of nitro groups is 1. The Morgan fingerprint density at radius 1 is 1.31 bits per heavy atom. The van der Waals surface area contributed by atoms with Gasteiger partial charge in [0.05, 0.1) is 17.1 Å². The zero-order valence-corrected chi connectivity index (χ0v) is 15.0. The van der Waals surface area contributed by atoms with Gasteiger partial charge in [-0.2, -0.15) is 9.97 Å². The fraction of sp³-hybridized carbons (Fsp3) is 0.412. The summed E-state index contributed by atoms with van der Waals surface area (Å²) in [4.78, 5) is 21.3. The molecule has 2 heterocycles. The number of benzene rings is 1. The van der Waals surface area contributed by atoms with Crippen LogP contribution in [0.25, 0.3) is 0 Å². The van der Waals surface area contributed by atoms with E-state index in [1.54, 1.807) is 0 Å². The van der Waals surface area contributed by atoms with Gasteiger partial charge in [0.2, 0.25) is 17.6 Å². The number of hydrogen-bond acceptors (Lipinski definition) is 8. The van der Waals surface area contributed by atoms with Crippen molar-refractivity contribution >= 4 is 29.0 Å². The molecule has 0 aliphatic carbocycles. The number of hydrogen-bond donors (Lipinski definition) is 2. The summed E-state index contributed by atoms with van der Waals surface area (Å²) in [6.45, 7) is 6.80. The van der Waals surface area contributed by atoms with Crippen molar-refractivity contribution in [1.82, 2.24) is 9.97 Å². The molecule has 2 aromatic rings. The van der Waals surface area contributed by atoms with Gasteiger partial charge in [-0.1, -0.05) is 12.1 Å². The van der Waals surface area contributed by atoms with Gasteiger partial charge in [0, 0.05) is 18.8 Å². The van der Waals surface area contributed by atoms with Gasteiger partial charge in [0.15, 0.2) is 0 Å². The highest BCUT2D eigenvalue weighted by Crippen LogP contribution is 2.34. The number of rotatable bonds is 4. The topological polar surface area (TPSA) is 119 Å². The molecule has 2 atom stereocenters. The molecule has 1 aliphatic heterocycles. The van der Waals surface area contributed by atoms with Gasteiger partial charge in [-0.05, 0) is 38.5 Å². The molecule has 0 radical (unpaired) electrons. The highest BCUT2D eigenvalue weighted by Gasteiger charge is 2.32. The first-order valence-electron chi connectivity index (χ1n) is 8.39. The molecule has 9 heteroatoms. The third-order valence-electron chi connectivity index (χ3n) is 4.07. The second-order valence-electron chi connectivity index (χ2n) is 6.52. The number of nitrogen functional groups attached to an aromatic ring is 1. The fourth-order valence-corrected chi connectivity index (χ4v) is 3.11. The smallest absolute Gasteiger partial charge is 0.353 e. The molecule has 1 saturated heterocycles. The Hall–Kier alpha value is -2.94. The van der Waals surface area contributed by atoms with Crippen LogP contribution in [0.5, 0.6) is 0 Å². The molecular weight excluding hydrogens is 336 g/mol. The molecule has 0 spiro atoms. The molecule has 26 heavy (non-hydrogen) atoms. The minimum atomic E-state index is -0.536. The van der Waals surface area contributed by atoms with Crippen LogP contribution in [0.3, 0.4) is 0 Å². The number of aryl methyl sites for hydroxylation is 1. The van der Waals surface area contributed by atoms with Gasteiger partial charge in [-0.15, -0.1) is 0 Å². The van der Waals surface area contributed by atoms with Crippen LogP contribution in [0.4, 0.5) is 29.0 Å². The molecule has 3 N–H and O–H groups in total. The van der Waals surface area contributed by atoms with E-state index in [2.05, 4.69) is 15.3 Å². The highest BCUT2D eigenvalue weighted by molar-refractivity contribution is 5.72. The molecule has 1 aromatic carbocycles. The molecule has 1 fully saturated rings. The van der Waals surface area contributed by atoms with Gasteiger partial charge in [0.25, 0.3) is 0 Å². The van der Waals surface area contributed by atoms with Crippen molar-refractivity contribution in [3.63, 3.8) is 0 Å². The lowest BCUT2D eigenvalue weighted by molar-refractivity contribution is -0.383. The van der Waals surface area contributed by atoms with E-state index < -0.39 is 4.92 Å². The Morgan fingerprint density at radius 2 is 2.00 bits per heavy atom. The minimum absolute atomic E-state index is 0.0669. The molecule has 138 valence electrons. The number of anilines is 4. The van der Waals surface area contributed by atoms with Crippen LogP contribution in [-0.2, 0) is 4.74 Å². The van der Waals surface area contributed by atoms with Crippen LogP contribution in [0, 0.1) is 17.0 Å². The summed E-state index contributed by atoms with van der Waals surface area (Å²) in [6, 6.07) is 7.67. The summed E-state index contributed by atoms with van der Waals surface area (Å²) in [6.07, 6.45) is -0.134. The summed E-state index contributed by atoms with van der Waals surface area (Å²) in [7, 11) is 0. The van der Waals surface area contributed by atoms with E-state index in [0.29, 0.717) is 13.1 Å². The number of nitrogens with zero attached hydrogens (tertiary/aromatic N) is 4. The third kappa shape index (κ3) is 3.83. The van der Waals surface area contributed by atoms with E-state index in [4.69, 9.17) is 10.5 Å². The lowest BCUT2D eigenvalue weighted by Gasteiger charge is -2.35. The van der Waals surface area contributed by atoms with E-state index in [1.807, 2.05) is 49.9 Å². The second kappa shape index (κ2) is 7.12. The normalized spacial score (nSPS) is 20.0. The van der Waals surface area contributed by atoms with Crippen LogP contribution >= 0.6 is 0 Å². The average Bonchev–Trinajstić information content (AvgIpc) is 2.53. The van der Waals surface area contributed by atoms with Crippen molar-refractivity contribution < 1.29 is 9.66 Å². The van der Waals surface area contributed by atoms with E-state index in [9.17, 15) is 10.1 Å². The molecule has 1 aliphatic rings. The lowest BCUT2D eigenvalue weighted by atomic mass is 10.2. The average molecular weight is 358 g/mol. The van der Waals surface area contributed by atoms with Crippen LogP contribution < -0.4 is 16.0 Å². The van der Waals surface area contributed by atoms with Crippen molar-refractivity contribution in [3.05, 3.63) is 39.9 Å². The maximum absolute atomic E-state index is 11.5. The summed E-state index contributed by atoms with van der Waals surface area (Å²) < 4.78 is 5.71. The first-order valence-corrected chi connectivity index (χ1v) is 8.39. The maximum atomic E-state index is 11.5. The van der Waals surface area contributed by atoms with Gasteiger partial charge < -0.3 is 20.7 Å². The van der Waals surface area contributed by atoms with Crippen LogP contribution in [0.1, 0.15) is 19.4 Å². The Labute approximate surface area is 151 Å². The van der Waals surface area contributed by atoms with Gasteiger partial charge in [0.1, 0.15) is 0 Å². The predicted octanol–water partition coefficient (Wildman–Crippen LogP) is 2.63. The van der Waals surface area contributed by atoms with Crippen LogP contribution in [0.2, 0.25) is 0 Å². The van der Waals surface area contributed by atoms with E-state index >= 15 is 0 Å². The quantitative estimate of drug-likeness (QED) is 0.632. The summed E-state index contributed by atoms with van der Waals surface area (Å²) in [5.41, 5.74) is 7.47. The molecule has 9 nitrogen and oxygen atoms in total. The van der Waals surface area contributed by atoms with Crippen molar-refractivity contribution in [2.24, 2.45) is 0 Å². The van der Waals surface area contributed by atoms with Crippen LogP contribution in [0.15, 0.2) is 24.3 Å². The van der Waals surface area contributed by atoms with Gasteiger partial charge >= 0.3 is 5.69 Å². The monoisotopic (exact) mass is 358 g/mol. The highest BCUT2D eigenvalue weighted by atomic mass is 16.6. The van der Waals surface area contributed by atoms with Crippen molar-refractivity contribution in [2.45, 2.75) is 33.0 Å². The van der Waals surface area contributed by atoms with Crippen molar-refractivity contribution in [1.29, 1.82) is 0 Å². The fourth-order valence-electron chi connectivity index (χ4n) is 3.11. The molecule has 0 saturated carbocycles. The molecule has 3 rings (SSSR count). The number of nitrogens with two attached hydrogens (primary N) is 1. The Balaban J connectivity index is 2.00. The Kier molecular flexibility index (Phi) is 4.90. The van der Waals surface area contributed by atoms with E-state index in [1.165, 1.54) is 0 Å². The van der Waals surface area contributed by atoms with Gasteiger partial charge in [-0.25, -0.2) is 0 Å². The zero-order chi connectivity index (χ0) is 18.8. The standard InChI is InChI=1S/C17H22N6O3/c1-10-5-4-6-13(7-10)19-17-20-15(18)14(23(24)25)16(21-17)22-8-11(2)26-12(3)9-22/h4-7,11-12H,8-9H2,1-3H3,(H3,18,19,20,21)/t11-,12+. The van der Waals surface area contributed by atoms with E-state index in [-0.39, 0.29) is 35.5 Å². The predicted molar refractivity (Wildman–Crippen MR) is 99.8 cm³/mol. The van der Waals surface area contributed by atoms with Crippen molar-refractivity contribution in [3.8, 4) is 0 Å². The third-order valence-corrected chi connectivity index (χ3v) is 4.07. The molecule has 0 bridgehead atoms. The Bertz CT molecular complexity index is 818. The largest absolute Gasteiger partial charge is 0.378 e. The molecule has 0 unspecified atom stereocenters. The number of aromatic nitrogens is 2. The zero-order valence-electron chi connectivity index (χ0n) is 15.0. The van der Waals surface area contributed by atoms with Crippen LogP contribution in [-0.4, -0.2) is 40.2 Å². The van der Waals surface area contributed by atoms with E-state index in [0.717, 1.165) is 11.3 Å². The Morgan fingerprint density at radius 3 is 2.62 bits per heavy atom. The summed E-state index contributed by atoms with van der Waals surface area (Å²) in [5.74, 6) is 0.266. The maximum Gasteiger partial charge on any atom is 0.353 e.